The van der Waals surface area contributed by atoms with Gasteiger partial charge in [0.15, 0.2) is 5.13 Å². The molecule has 2 unspecified atom stereocenters. The predicted octanol–water partition coefficient (Wildman–Crippen LogP) is 4.19. The number of thiazole rings is 1. The molecule has 2 aromatic rings. The Kier molecular flexibility index (Phi) is 3.99. The monoisotopic (exact) mass is 322 g/mol. The summed E-state index contributed by atoms with van der Waals surface area (Å²) in [4.78, 5) is 19.6. The highest BCUT2D eigenvalue weighted by atomic mass is 32.1. The summed E-state index contributed by atoms with van der Waals surface area (Å²) in [5.74, 6) is -1.19. The van der Waals surface area contributed by atoms with Crippen molar-refractivity contribution in [3.8, 4) is 0 Å². The molecule has 0 radical (unpaired) electrons. The number of aromatic nitrogens is 1. The van der Waals surface area contributed by atoms with Gasteiger partial charge in [-0.3, -0.25) is 4.79 Å². The van der Waals surface area contributed by atoms with E-state index in [4.69, 9.17) is 0 Å². The summed E-state index contributed by atoms with van der Waals surface area (Å²) in [6, 6.07) is 4.44. The van der Waals surface area contributed by atoms with Crippen LogP contribution < -0.4 is 5.32 Å². The fourth-order valence-corrected chi connectivity index (χ4v) is 4.69. The van der Waals surface area contributed by atoms with Gasteiger partial charge in [-0.1, -0.05) is 0 Å². The number of carboxylic acid groups (broad SMARTS) is 1. The Bertz CT molecular complexity index is 662. The molecule has 0 amide bonds. The second-order valence-electron chi connectivity index (χ2n) is 5.42. The summed E-state index contributed by atoms with van der Waals surface area (Å²) in [5.41, 5.74) is 0.774. The third kappa shape index (κ3) is 2.96. The van der Waals surface area contributed by atoms with Crippen LogP contribution >= 0.6 is 22.7 Å². The van der Waals surface area contributed by atoms with Gasteiger partial charge in [-0.25, -0.2) is 4.98 Å². The number of hydrogen-bond donors (Lipinski definition) is 2. The number of rotatable bonds is 4. The van der Waals surface area contributed by atoms with Gasteiger partial charge in [0.05, 0.1) is 11.7 Å². The van der Waals surface area contributed by atoms with Gasteiger partial charge in [0, 0.05) is 14.6 Å². The lowest BCUT2D eigenvalue weighted by molar-refractivity contribution is -0.139. The van der Waals surface area contributed by atoms with Crippen LogP contribution in [-0.4, -0.2) is 16.1 Å². The SMILES string of the molecule is Cc1ccc(C(C)Nc2nc3c(s2)CCCC3C(=O)O)s1. The Hall–Kier alpha value is -1.40. The lowest BCUT2D eigenvalue weighted by Gasteiger charge is -2.16. The Labute approximate surface area is 131 Å². The molecule has 0 aliphatic heterocycles. The van der Waals surface area contributed by atoms with E-state index in [1.54, 1.807) is 22.7 Å². The first-order chi connectivity index (χ1) is 10.0. The maximum atomic E-state index is 11.3. The number of fused-ring (bicyclic) bond motifs is 1. The van der Waals surface area contributed by atoms with Crippen LogP contribution in [-0.2, 0) is 11.2 Å². The molecule has 2 N–H and O–H groups in total. The van der Waals surface area contributed by atoms with E-state index >= 15 is 0 Å². The third-order valence-corrected chi connectivity index (χ3v) is 6.03. The highest BCUT2D eigenvalue weighted by molar-refractivity contribution is 7.15. The molecule has 1 aliphatic rings. The minimum atomic E-state index is -0.755. The maximum absolute atomic E-state index is 11.3. The van der Waals surface area contributed by atoms with Crippen molar-refractivity contribution >= 4 is 33.8 Å². The van der Waals surface area contributed by atoms with Crippen LogP contribution in [0, 0.1) is 6.92 Å². The van der Waals surface area contributed by atoms with Gasteiger partial charge in [-0.05, 0) is 45.2 Å². The third-order valence-electron chi connectivity index (χ3n) is 3.78. The van der Waals surface area contributed by atoms with Crippen molar-refractivity contribution < 1.29 is 9.90 Å². The standard InChI is InChI=1S/C15H18N2O2S2/c1-8-6-7-11(20-8)9(2)16-15-17-13-10(14(18)19)4-3-5-12(13)21-15/h6-7,9-10H,3-5H2,1-2H3,(H,16,17)(H,18,19). The van der Waals surface area contributed by atoms with E-state index < -0.39 is 11.9 Å². The first-order valence-corrected chi connectivity index (χ1v) is 8.73. The van der Waals surface area contributed by atoms with Gasteiger partial charge in [0.25, 0.3) is 0 Å². The zero-order valence-electron chi connectivity index (χ0n) is 12.0. The normalized spacial score (nSPS) is 19.0. The van der Waals surface area contributed by atoms with Gasteiger partial charge < -0.3 is 10.4 Å². The predicted molar refractivity (Wildman–Crippen MR) is 86.5 cm³/mol. The first-order valence-electron chi connectivity index (χ1n) is 7.10. The number of aliphatic carboxylic acids is 1. The average Bonchev–Trinajstić information content (AvgIpc) is 3.03. The number of hydrogen-bond acceptors (Lipinski definition) is 5. The molecule has 0 fully saturated rings. The van der Waals surface area contributed by atoms with Crippen LogP contribution in [0.15, 0.2) is 12.1 Å². The Morgan fingerprint density at radius 1 is 1.48 bits per heavy atom. The molecule has 0 bridgehead atoms. The van der Waals surface area contributed by atoms with Crippen molar-refractivity contribution in [2.75, 3.05) is 5.32 Å². The van der Waals surface area contributed by atoms with E-state index in [-0.39, 0.29) is 6.04 Å². The molecule has 1 aliphatic carbocycles. The van der Waals surface area contributed by atoms with Gasteiger partial charge in [-0.2, -0.15) is 0 Å². The summed E-state index contributed by atoms with van der Waals surface area (Å²) in [7, 11) is 0. The molecule has 6 heteroatoms. The van der Waals surface area contributed by atoms with Crippen molar-refractivity contribution in [3.05, 3.63) is 32.5 Å². The fourth-order valence-electron chi connectivity index (χ4n) is 2.66. The minimum Gasteiger partial charge on any atom is -0.481 e. The molecule has 0 spiro atoms. The highest BCUT2D eigenvalue weighted by Crippen LogP contribution is 2.38. The largest absolute Gasteiger partial charge is 0.481 e. The van der Waals surface area contributed by atoms with E-state index in [0.717, 1.165) is 28.5 Å². The van der Waals surface area contributed by atoms with E-state index in [2.05, 4.69) is 36.3 Å². The fraction of sp³-hybridized carbons (Fsp3) is 0.467. The van der Waals surface area contributed by atoms with Crippen LogP contribution in [0.2, 0.25) is 0 Å². The number of carboxylic acids is 1. The van der Waals surface area contributed by atoms with Gasteiger partial charge in [0.2, 0.25) is 0 Å². The molecule has 0 aromatic carbocycles. The molecule has 2 heterocycles. The van der Waals surface area contributed by atoms with E-state index in [1.165, 1.54) is 9.75 Å². The number of thiophene rings is 1. The Morgan fingerprint density at radius 2 is 2.29 bits per heavy atom. The van der Waals surface area contributed by atoms with Crippen LogP contribution in [0.4, 0.5) is 5.13 Å². The molecule has 0 saturated heterocycles. The minimum absolute atomic E-state index is 0.194. The summed E-state index contributed by atoms with van der Waals surface area (Å²) >= 11 is 3.38. The van der Waals surface area contributed by atoms with Crippen LogP contribution in [0.1, 0.15) is 52.1 Å². The van der Waals surface area contributed by atoms with Crippen molar-refractivity contribution in [1.82, 2.24) is 4.98 Å². The molecule has 0 saturated carbocycles. The molecule has 21 heavy (non-hydrogen) atoms. The number of nitrogens with zero attached hydrogens (tertiary/aromatic N) is 1. The summed E-state index contributed by atoms with van der Waals surface area (Å²) < 4.78 is 0. The van der Waals surface area contributed by atoms with E-state index in [9.17, 15) is 9.90 Å². The average molecular weight is 322 g/mol. The zero-order chi connectivity index (χ0) is 15.0. The van der Waals surface area contributed by atoms with Crippen LogP contribution in [0.3, 0.4) is 0 Å². The summed E-state index contributed by atoms with van der Waals surface area (Å²) in [5, 5.41) is 13.6. The molecule has 112 valence electrons. The molecule has 3 rings (SSSR count). The summed E-state index contributed by atoms with van der Waals surface area (Å²) in [6.07, 6.45) is 2.58. The van der Waals surface area contributed by atoms with Crippen LogP contribution in [0.5, 0.6) is 0 Å². The van der Waals surface area contributed by atoms with Crippen LogP contribution in [0.25, 0.3) is 0 Å². The van der Waals surface area contributed by atoms with Crippen molar-refractivity contribution in [2.45, 2.75) is 45.1 Å². The zero-order valence-corrected chi connectivity index (χ0v) is 13.7. The van der Waals surface area contributed by atoms with Crippen molar-refractivity contribution in [3.63, 3.8) is 0 Å². The van der Waals surface area contributed by atoms with Crippen molar-refractivity contribution in [1.29, 1.82) is 0 Å². The van der Waals surface area contributed by atoms with Gasteiger partial charge in [0.1, 0.15) is 5.92 Å². The van der Waals surface area contributed by atoms with Crippen molar-refractivity contribution in [2.24, 2.45) is 0 Å². The second kappa shape index (κ2) is 5.77. The number of aryl methyl sites for hydroxylation is 2. The quantitative estimate of drug-likeness (QED) is 0.886. The molecule has 4 nitrogen and oxygen atoms in total. The van der Waals surface area contributed by atoms with Gasteiger partial charge >= 0.3 is 5.97 Å². The Morgan fingerprint density at radius 3 is 2.95 bits per heavy atom. The molecular weight excluding hydrogens is 304 g/mol. The lowest BCUT2D eigenvalue weighted by atomic mass is 9.91. The highest BCUT2D eigenvalue weighted by Gasteiger charge is 2.30. The number of carbonyl (C=O) groups is 1. The van der Waals surface area contributed by atoms with Gasteiger partial charge in [-0.15, -0.1) is 22.7 Å². The first kappa shape index (κ1) is 14.5. The number of anilines is 1. The Balaban J connectivity index is 1.80. The molecule has 2 aromatic heterocycles. The van der Waals surface area contributed by atoms with E-state index in [1.807, 2.05) is 0 Å². The maximum Gasteiger partial charge on any atom is 0.312 e. The number of nitrogens with one attached hydrogen (secondary N) is 1. The molecular formula is C15H18N2O2S2. The van der Waals surface area contributed by atoms with E-state index in [0.29, 0.717) is 6.42 Å². The topological polar surface area (TPSA) is 62.2 Å². The lowest BCUT2D eigenvalue weighted by Crippen LogP contribution is -2.17. The second-order valence-corrected chi connectivity index (χ2v) is 7.83. The summed E-state index contributed by atoms with van der Waals surface area (Å²) in [6.45, 7) is 4.21. The molecule has 2 atom stereocenters. The smallest absolute Gasteiger partial charge is 0.312 e.